The quantitative estimate of drug-likeness (QED) is 0.448. The highest BCUT2D eigenvalue weighted by Gasteiger charge is 2.42. The zero-order chi connectivity index (χ0) is 9.59. The predicted molar refractivity (Wildman–Crippen MR) is 47.9 cm³/mol. The summed E-state index contributed by atoms with van der Waals surface area (Å²) < 4.78 is 1.76. The van der Waals surface area contributed by atoms with Crippen LogP contribution >= 0.6 is 0 Å². The molecule has 0 aromatic carbocycles. The van der Waals surface area contributed by atoms with Gasteiger partial charge in [-0.1, -0.05) is 0 Å². The van der Waals surface area contributed by atoms with Crippen LogP contribution in [0.25, 0.3) is 0 Å². The van der Waals surface area contributed by atoms with E-state index in [0.717, 1.165) is 0 Å². The van der Waals surface area contributed by atoms with E-state index in [9.17, 15) is 4.79 Å². The standard InChI is InChI=1S/C7H9N5O/c1-11-3-12(2)5-4(11)6(13)10-7(8)9-5/h3-4H,1-2H3,(H-,8,10,13)/p+1. The molecule has 68 valence electrons. The van der Waals surface area contributed by atoms with E-state index in [1.54, 1.807) is 22.9 Å². The van der Waals surface area contributed by atoms with Crippen LogP contribution < -0.4 is 5.73 Å². The molecule has 0 radical (unpaired) electrons. The third-order valence-electron chi connectivity index (χ3n) is 2.06. The first-order valence-electron chi connectivity index (χ1n) is 3.86. The Balaban J connectivity index is 2.47. The fourth-order valence-electron chi connectivity index (χ4n) is 1.52. The van der Waals surface area contributed by atoms with Crippen molar-refractivity contribution in [2.75, 3.05) is 14.1 Å². The zero-order valence-corrected chi connectivity index (χ0v) is 7.43. The molecule has 0 bridgehead atoms. The second-order valence-electron chi connectivity index (χ2n) is 3.07. The maximum Gasteiger partial charge on any atom is 0.304 e. The van der Waals surface area contributed by atoms with Crippen molar-refractivity contribution in [1.29, 1.82) is 0 Å². The number of carbonyl (C=O) groups is 1. The Morgan fingerprint density at radius 1 is 1.62 bits per heavy atom. The van der Waals surface area contributed by atoms with Gasteiger partial charge in [-0.25, -0.2) is 9.48 Å². The number of nitrogens with zero attached hydrogens (tertiary/aromatic N) is 4. The van der Waals surface area contributed by atoms with Crippen molar-refractivity contribution < 1.29 is 9.37 Å². The Morgan fingerprint density at radius 3 is 3.00 bits per heavy atom. The minimum Gasteiger partial charge on any atom is -0.368 e. The van der Waals surface area contributed by atoms with Crippen LogP contribution in [0.5, 0.6) is 0 Å². The van der Waals surface area contributed by atoms with Crippen LogP contribution in [0, 0.1) is 0 Å². The normalized spacial score (nSPS) is 26.6. The third-order valence-corrected chi connectivity index (χ3v) is 2.06. The number of hydrogen-bond donors (Lipinski definition) is 1. The average molecular weight is 180 g/mol. The van der Waals surface area contributed by atoms with E-state index in [0.29, 0.717) is 5.84 Å². The van der Waals surface area contributed by atoms with E-state index in [4.69, 9.17) is 5.73 Å². The van der Waals surface area contributed by atoms with Crippen LogP contribution in [0.1, 0.15) is 0 Å². The minimum atomic E-state index is -0.391. The number of amidine groups is 1. The number of hydrogen-bond acceptors (Lipinski definition) is 4. The second kappa shape index (κ2) is 2.38. The van der Waals surface area contributed by atoms with Gasteiger partial charge < -0.3 is 5.73 Å². The summed E-state index contributed by atoms with van der Waals surface area (Å²) in [7, 11) is 3.62. The highest BCUT2D eigenvalue weighted by atomic mass is 16.2. The molecule has 2 heterocycles. The minimum absolute atomic E-state index is 0.0341. The lowest BCUT2D eigenvalue weighted by atomic mass is 10.2. The van der Waals surface area contributed by atoms with Gasteiger partial charge in [0.1, 0.15) is 0 Å². The highest BCUT2D eigenvalue weighted by Crippen LogP contribution is 2.10. The fourth-order valence-corrected chi connectivity index (χ4v) is 1.52. The summed E-state index contributed by atoms with van der Waals surface area (Å²) in [5.74, 6) is 0.414. The zero-order valence-electron chi connectivity index (χ0n) is 7.43. The lowest BCUT2D eigenvalue weighted by Gasteiger charge is -2.10. The van der Waals surface area contributed by atoms with Crippen LogP contribution in [-0.4, -0.2) is 53.7 Å². The molecular weight excluding hydrogens is 170 g/mol. The molecule has 6 heteroatoms. The van der Waals surface area contributed by atoms with E-state index in [1.165, 1.54) is 0 Å². The summed E-state index contributed by atoms with van der Waals surface area (Å²) in [6.45, 7) is 0. The van der Waals surface area contributed by atoms with Crippen molar-refractivity contribution >= 4 is 24.0 Å². The first-order chi connectivity index (χ1) is 6.09. The summed E-state index contributed by atoms with van der Waals surface area (Å²) >= 11 is 0. The summed E-state index contributed by atoms with van der Waals surface area (Å²) in [6.07, 6.45) is 1.79. The molecule has 0 aromatic heterocycles. The molecule has 13 heavy (non-hydrogen) atoms. The van der Waals surface area contributed by atoms with E-state index < -0.39 is 6.04 Å². The Labute approximate surface area is 75.1 Å². The number of rotatable bonds is 0. The Morgan fingerprint density at radius 2 is 2.31 bits per heavy atom. The molecule has 2 rings (SSSR count). The molecule has 0 saturated heterocycles. The first-order valence-corrected chi connectivity index (χ1v) is 3.86. The molecule has 0 aliphatic carbocycles. The first kappa shape index (κ1) is 7.90. The summed E-state index contributed by atoms with van der Waals surface area (Å²) in [5, 5.41) is 0. The maximum atomic E-state index is 11.4. The molecule has 1 amide bonds. The van der Waals surface area contributed by atoms with Gasteiger partial charge in [-0.15, -0.1) is 0 Å². The number of guanidine groups is 1. The van der Waals surface area contributed by atoms with Crippen LogP contribution in [0.3, 0.4) is 0 Å². The molecule has 0 aromatic rings. The van der Waals surface area contributed by atoms with Gasteiger partial charge >= 0.3 is 5.91 Å². The van der Waals surface area contributed by atoms with E-state index >= 15 is 0 Å². The van der Waals surface area contributed by atoms with Crippen molar-refractivity contribution in [3.05, 3.63) is 0 Å². The molecule has 0 spiro atoms. The average Bonchev–Trinajstić information content (AvgIpc) is 2.27. The molecule has 2 aliphatic heterocycles. The lowest BCUT2D eigenvalue weighted by Crippen LogP contribution is -2.42. The number of carbonyl (C=O) groups excluding carboxylic acids is 1. The Hall–Kier alpha value is -1.72. The second-order valence-corrected chi connectivity index (χ2v) is 3.07. The number of nitrogens with two attached hydrogens (primary N) is 1. The SMILES string of the molecule is CN1C=[N+](C)C2C(=O)N=C(N)N=C21. The molecule has 2 aliphatic rings. The van der Waals surface area contributed by atoms with E-state index in [2.05, 4.69) is 9.98 Å². The smallest absolute Gasteiger partial charge is 0.304 e. The maximum absolute atomic E-state index is 11.4. The predicted octanol–water partition coefficient (Wildman–Crippen LogP) is -1.78. The van der Waals surface area contributed by atoms with E-state index in [1.807, 2.05) is 7.05 Å². The lowest BCUT2D eigenvalue weighted by molar-refractivity contribution is -0.497. The molecular formula is C7H10N5O+. The van der Waals surface area contributed by atoms with Crippen LogP contribution in [-0.2, 0) is 4.79 Å². The van der Waals surface area contributed by atoms with Crippen molar-refractivity contribution in [3.63, 3.8) is 0 Å². The fraction of sp³-hybridized carbons (Fsp3) is 0.429. The van der Waals surface area contributed by atoms with Gasteiger partial charge in [-0.05, 0) is 0 Å². The van der Waals surface area contributed by atoms with Gasteiger partial charge in [0.05, 0.1) is 14.1 Å². The Kier molecular flexibility index (Phi) is 1.45. The van der Waals surface area contributed by atoms with Crippen LogP contribution in [0.2, 0.25) is 0 Å². The number of likely N-dealkylation sites (N-methyl/N-ethyl adjacent to an activating group) is 2. The molecule has 2 N–H and O–H groups in total. The van der Waals surface area contributed by atoms with E-state index in [-0.39, 0.29) is 11.9 Å². The molecule has 0 saturated carbocycles. The largest absolute Gasteiger partial charge is 0.368 e. The molecule has 1 atom stereocenters. The summed E-state index contributed by atoms with van der Waals surface area (Å²) in [4.78, 5) is 20.8. The molecule has 6 nitrogen and oxygen atoms in total. The molecule has 0 fully saturated rings. The summed E-state index contributed by atoms with van der Waals surface area (Å²) in [5.41, 5.74) is 5.37. The molecule has 1 unspecified atom stereocenters. The highest BCUT2D eigenvalue weighted by molar-refractivity contribution is 6.19. The number of aliphatic imine (C=N–C) groups is 2. The van der Waals surface area contributed by atoms with Crippen molar-refractivity contribution in [3.8, 4) is 0 Å². The van der Waals surface area contributed by atoms with Crippen LogP contribution in [0.15, 0.2) is 9.98 Å². The number of amides is 1. The van der Waals surface area contributed by atoms with Gasteiger partial charge in [0, 0.05) is 0 Å². The monoisotopic (exact) mass is 180 g/mol. The van der Waals surface area contributed by atoms with Crippen molar-refractivity contribution in [2.24, 2.45) is 15.7 Å². The summed E-state index contributed by atoms with van der Waals surface area (Å²) in [6, 6.07) is -0.391. The topological polar surface area (TPSA) is 74.1 Å². The van der Waals surface area contributed by atoms with Crippen molar-refractivity contribution in [2.45, 2.75) is 6.04 Å². The number of fused-ring (bicyclic) bond motifs is 1. The van der Waals surface area contributed by atoms with Gasteiger partial charge in [-0.3, -0.25) is 4.79 Å². The third kappa shape index (κ3) is 1.02. The van der Waals surface area contributed by atoms with Gasteiger partial charge in [0.2, 0.25) is 12.3 Å². The van der Waals surface area contributed by atoms with Gasteiger partial charge in [0.25, 0.3) is 11.9 Å². The van der Waals surface area contributed by atoms with Crippen molar-refractivity contribution in [1.82, 2.24) is 4.90 Å². The Bertz CT molecular complexity index is 367. The van der Waals surface area contributed by atoms with Crippen LogP contribution in [0.4, 0.5) is 0 Å². The van der Waals surface area contributed by atoms with Gasteiger partial charge in [0.15, 0.2) is 0 Å². The van der Waals surface area contributed by atoms with Gasteiger partial charge in [-0.2, -0.15) is 9.98 Å².